The van der Waals surface area contributed by atoms with Crippen molar-refractivity contribution >= 4 is 39.3 Å². The van der Waals surface area contributed by atoms with E-state index in [1.165, 1.54) is 11.3 Å². The molecule has 39 heavy (non-hydrogen) atoms. The van der Waals surface area contributed by atoms with Crippen LogP contribution in [0.15, 0.2) is 61.9 Å². The molecule has 0 amide bonds. The van der Waals surface area contributed by atoms with Crippen molar-refractivity contribution in [3.63, 3.8) is 0 Å². The highest BCUT2D eigenvalue weighted by Gasteiger charge is 2.35. The van der Waals surface area contributed by atoms with Crippen molar-refractivity contribution in [1.29, 1.82) is 0 Å². The maximum absolute atomic E-state index is 14.0. The third kappa shape index (κ3) is 5.40. The van der Waals surface area contributed by atoms with E-state index in [-0.39, 0.29) is 25.1 Å². The molecule has 2 aliphatic rings. The second kappa shape index (κ2) is 11.4. The molecule has 1 aromatic heterocycles. The van der Waals surface area contributed by atoms with Gasteiger partial charge in [-0.15, -0.1) is 0 Å². The van der Waals surface area contributed by atoms with Crippen LogP contribution in [-0.4, -0.2) is 30.0 Å². The molecule has 1 atom stereocenters. The van der Waals surface area contributed by atoms with Crippen LogP contribution in [-0.2, 0) is 9.53 Å². The van der Waals surface area contributed by atoms with Crippen molar-refractivity contribution in [1.82, 2.24) is 4.57 Å². The van der Waals surface area contributed by atoms with Crippen molar-refractivity contribution in [3.05, 3.63) is 83.0 Å². The van der Waals surface area contributed by atoms with Crippen molar-refractivity contribution in [2.75, 3.05) is 13.4 Å². The number of esters is 1. The predicted octanol–water partition coefficient (Wildman–Crippen LogP) is 4.86. The number of thiazole rings is 1. The molecular weight excluding hydrogens is 584 g/mol. The molecule has 2 aliphatic heterocycles. The largest absolute Gasteiger partial charge is 0.490 e. The van der Waals surface area contributed by atoms with E-state index in [4.69, 9.17) is 23.9 Å². The Balaban J connectivity index is 1.75. The minimum absolute atomic E-state index is 0.0331. The van der Waals surface area contributed by atoms with Gasteiger partial charge in [0, 0.05) is 10.0 Å². The van der Waals surface area contributed by atoms with E-state index in [2.05, 4.69) is 15.9 Å². The number of carbonyl (C=O) groups is 1. The normalized spacial score (nSPS) is 16.4. The first kappa shape index (κ1) is 27.2. The van der Waals surface area contributed by atoms with Crippen LogP contribution >= 0.6 is 27.3 Å². The fourth-order valence-electron chi connectivity index (χ4n) is 4.65. The summed E-state index contributed by atoms with van der Waals surface area (Å²) in [5.41, 5.74) is 2.21. The third-order valence-corrected chi connectivity index (χ3v) is 7.70. The molecule has 0 fully saturated rings. The summed E-state index contributed by atoms with van der Waals surface area (Å²) < 4.78 is 25.5. The summed E-state index contributed by atoms with van der Waals surface area (Å²) in [7, 11) is 0. The Morgan fingerprint density at radius 1 is 1.21 bits per heavy atom. The number of nitrogens with zero attached hydrogens (tertiary/aromatic N) is 2. The lowest BCUT2D eigenvalue weighted by molar-refractivity contribution is -0.139. The zero-order valence-electron chi connectivity index (χ0n) is 22.2. The summed E-state index contributed by atoms with van der Waals surface area (Å²) in [6.07, 6.45) is 3.13. The lowest BCUT2D eigenvalue weighted by atomic mass is 9.94. The van der Waals surface area contributed by atoms with Gasteiger partial charge < -0.3 is 18.9 Å². The highest BCUT2D eigenvalue weighted by molar-refractivity contribution is 9.10. The van der Waals surface area contributed by atoms with Gasteiger partial charge in [-0.25, -0.2) is 9.79 Å². The van der Waals surface area contributed by atoms with Gasteiger partial charge >= 0.3 is 5.97 Å². The highest BCUT2D eigenvalue weighted by Crippen LogP contribution is 2.39. The number of hydrogen-bond acceptors (Lipinski definition) is 8. The summed E-state index contributed by atoms with van der Waals surface area (Å²) in [5, 5.41) is 0. The summed E-state index contributed by atoms with van der Waals surface area (Å²) in [5.74, 6) is 1.37. The number of carbonyl (C=O) groups excluding carboxylic acids is 1. The Labute approximate surface area is 238 Å². The molecule has 0 N–H and O–H groups in total. The zero-order valence-corrected chi connectivity index (χ0v) is 24.6. The van der Waals surface area contributed by atoms with E-state index >= 15 is 0 Å². The molecule has 3 aromatic rings. The molecule has 0 spiro atoms. The van der Waals surface area contributed by atoms with Gasteiger partial charge in [-0.05, 0) is 69.2 Å². The van der Waals surface area contributed by atoms with Gasteiger partial charge in [-0.3, -0.25) is 9.36 Å². The first-order valence-electron chi connectivity index (χ1n) is 12.9. The maximum atomic E-state index is 14.0. The van der Waals surface area contributed by atoms with Crippen LogP contribution in [0, 0.1) is 0 Å². The minimum Gasteiger partial charge on any atom is -0.490 e. The van der Waals surface area contributed by atoms with Gasteiger partial charge in [-0.1, -0.05) is 46.7 Å². The molecule has 0 aliphatic carbocycles. The quantitative estimate of drug-likeness (QED) is 0.338. The molecule has 0 bridgehead atoms. The lowest BCUT2D eigenvalue weighted by Crippen LogP contribution is -2.40. The van der Waals surface area contributed by atoms with Crippen LogP contribution in [0.2, 0.25) is 0 Å². The molecule has 2 aromatic carbocycles. The molecule has 0 saturated carbocycles. The summed E-state index contributed by atoms with van der Waals surface area (Å²) in [6, 6.07) is 10.4. The van der Waals surface area contributed by atoms with Crippen molar-refractivity contribution < 1.29 is 23.7 Å². The molecule has 204 valence electrons. The second-order valence-electron chi connectivity index (χ2n) is 9.38. The van der Waals surface area contributed by atoms with Crippen LogP contribution in [0.4, 0.5) is 0 Å². The first-order chi connectivity index (χ1) is 18.8. The van der Waals surface area contributed by atoms with Gasteiger partial charge in [0.05, 0.1) is 34.6 Å². The zero-order chi connectivity index (χ0) is 27.7. The lowest BCUT2D eigenvalue weighted by Gasteiger charge is -2.25. The van der Waals surface area contributed by atoms with Crippen LogP contribution < -0.4 is 29.1 Å². The first-order valence-corrected chi connectivity index (χ1v) is 14.5. The van der Waals surface area contributed by atoms with Crippen molar-refractivity contribution in [2.24, 2.45) is 4.99 Å². The van der Waals surface area contributed by atoms with Gasteiger partial charge in [0.25, 0.3) is 5.56 Å². The van der Waals surface area contributed by atoms with Crippen LogP contribution in [0.3, 0.4) is 0 Å². The molecule has 0 unspecified atom stereocenters. The fourth-order valence-corrected chi connectivity index (χ4v) is 6.04. The monoisotopic (exact) mass is 612 g/mol. The molecule has 0 saturated heterocycles. The number of halogens is 1. The number of allylic oxidation sites excluding steroid dienone is 1. The van der Waals surface area contributed by atoms with Crippen LogP contribution in [0.5, 0.6) is 17.2 Å². The predicted molar refractivity (Wildman–Crippen MR) is 152 cm³/mol. The molecule has 3 heterocycles. The van der Waals surface area contributed by atoms with Crippen LogP contribution in [0.25, 0.3) is 6.08 Å². The number of benzene rings is 2. The number of fused-ring (bicyclic) bond motifs is 2. The summed E-state index contributed by atoms with van der Waals surface area (Å²) in [6.45, 7) is 8.03. The Bertz CT molecular complexity index is 1640. The maximum Gasteiger partial charge on any atom is 0.338 e. The second-order valence-corrected chi connectivity index (χ2v) is 11.3. The standard InChI is InChI=1S/C29H29BrN2O6S/c1-5-7-20-25(28(34)35-6-2)26(17-8-10-22-23(13-17)37-15-36-22)32-27(33)24(39-29(32)31-20)14-18-12-19(30)9-11-21(18)38-16(3)4/h8-14,16,26H,5-7,15H2,1-4H3/b24-14+/t26-/m1/s1. The van der Waals surface area contributed by atoms with E-state index in [0.717, 1.165) is 16.5 Å². The Hall–Kier alpha value is -3.37. The average Bonchev–Trinajstić information content (AvgIpc) is 3.48. The fraction of sp³-hybridized carbons (Fsp3) is 0.345. The number of rotatable bonds is 8. The number of hydrogen-bond donors (Lipinski definition) is 0. The van der Waals surface area contributed by atoms with Crippen LogP contribution in [0.1, 0.15) is 57.7 Å². The number of aromatic nitrogens is 1. The molecule has 5 rings (SSSR count). The van der Waals surface area contributed by atoms with E-state index in [1.54, 1.807) is 17.6 Å². The number of ether oxygens (including phenoxy) is 4. The SMILES string of the molecule is CCCC1=C(C(=O)OCC)[C@@H](c2ccc3c(c2)OCO3)n2c(s/c(=C/c3cc(Br)ccc3OC(C)C)c2=O)=N1. The smallest absolute Gasteiger partial charge is 0.338 e. The molecule has 10 heteroatoms. The van der Waals surface area contributed by atoms with Crippen molar-refractivity contribution in [3.8, 4) is 17.2 Å². The Morgan fingerprint density at radius 2 is 2.00 bits per heavy atom. The van der Waals surface area contributed by atoms with Gasteiger partial charge in [0.15, 0.2) is 16.3 Å². The van der Waals surface area contributed by atoms with E-state index in [9.17, 15) is 9.59 Å². The van der Waals surface area contributed by atoms with Crippen molar-refractivity contribution in [2.45, 2.75) is 52.7 Å². The minimum atomic E-state index is -0.729. The van der Waals surface area contributed by atoms with Gasteiger partial charge in [0.2, 0.25) is 6.79 Å². The summed E-state index contributed by atoms with van der Waals surface area (Å²) >= 11 is 4.81. The molecular formula is C29H29BrN2O6S. The summed E-state index contributed by atoms with van der Waals surface area (Å²) in [4.78, 5) is 32.8. The average molecular weight is 614 g/mol. The van der Waals surface area contributed by atoms with Gasteiger partial charge in [-0.2, -0.15) is 0 Å². The topological polar surface area (TPSA) is 88.4 Å². The third-order valence-electron chi connectivity index (χ3n) is 6.23. The molecule has 0 radical (unpaired) electrons. The van der Waals surface area contributed by atoms with E-state index in [0.29, 0.717) is 49.8 Å². The van der Waals surface area contributed by atoms with E-state index in [1.807, 2.05) is 57.2 Å². The molecule has 8 nitrogen and oxygen atoms in total. The Morgan fingerprint density at radius 3 is 2.74 bits per heavy atom. The Kier molecular flexibility index (Phi) is 7.95. The van der Waals surface area contributed by atoms with E-state index < -0.39 is 12.0 Å². The van der Waals surface area contributed by atoms with Gasteiger partial charge in [0.1, 0.15) is 5.75 Å². The highest BCUT2D eigenvalue weighted by atomic mass is 79.9.